The van der Waals surface area contributed by atoms with Crippen molar-refractivity contribution < 1.29 is 0 Å². The monoisotopic (exact) mass is 182 g/mol. The van der Waals surface area contributed by atoms with E-state index in [0.717, 1.165) is 6.54 Å². The van der Waals surface area contributed by atoms with Crippen LogP contribution in [0.1, 0.15) is 52.9 Å². The van der Waals surface area contributed by atoms with Crippen molar-refractivity contribution in [3.63, 3.8) is 0 Å². The predicted molar refractivity (Wildman–Crippen MR) is 60.0 cm³/mol. The van der Waals surface area contributed by atoms with E-state index in [-0.39, 0.29) is 0 Å². The Kier molecular flexibility index (Phi) is 9.56. The van der Waals surface area contributed by atoms with Gasteiger partial charge >= 0.3 is 0 Å². The molecular formula is C12H24N. The molecule has 13 heavy (non-hydrogen) atoms. The lowest BCUT2D eigenvalue weighted by molar-refractivity contribution is 0.572. The summed E-state index contributed by atoms with van der Waals surface area (Å²) in [5.74, 6) is 0. The molecule has 0 aliphatic carbocycles. The highest BCUT2D eigenvalue weighted by atomic mass is 14.9. The minimum atomic E-state index is 0.420. The Morgan fingerprint density at radius 3 is 2.54 bits per heavy atom. The molecule has 0 saturated heterocycles. The van der Waals surface area contributed by atoms with Gasteiger partial charge in [-0.3, -0.25) is 0 Å². The summed E-state index contributed by atoms with van der Waals surface area (Å²) in [6, 6.07) is 0.420. The van der Waals surface area contributed by atoms with E-state index in [9.17, 15) is 0 Å². The van der Waals surface area contributed by atoms with E-state index >= 15 is 0 Å². The summed E-state index contributed by atoms with van der Waals surface area (Å²) < 4.78 is 0. The van der Waals surface area contributed by atoms with Gasteiger partial charge in [0.2, 0.25) is 0 Å². The molecule has 0 heterocycles. The van der Waals surface area contributed by atoms with Gasteiger partial charge in [0.15, 0.2) is 0 Å². The largest absolute Gasteiger partial charge is 0.235 e. The van der Waals surface area contributed by atoms with Gasteiger partial charge in [-0.2, -0.15) is 0 Å². The lowest BCUT2D eigenvalue weighted by Crippen LogP contribution is -2.16. The second kappa shape index (κ2) is 9.79. The zero-order valence-corrected chi connectivity index (χ0v) is 9.42. The molecule has 1 nitrogen and oxygen atoms in total. The van der Waals surface area contributed by atoms with Gasteiger partial charge in [-0.25, -0.2) is 5.32 Å². The molecule has 77 valence electrons. The van der Waals surface area contributed by atoms with Crippen LogP contribution in [-0.2, 0) is 0 Å². The normalized spacial score (nSPS) is 13.8. The topological polar surface area (TPSA) is 14.1 Å². The molecule has 0 amide bonds. The summed E-state index contributed by atoms with van der Waals surface area (Å²) in [6.45, 7) is 7.63. The molecule has 0 aliphatic rings. The van der Waals surface area contributed by atoms with Gasteiger partial charge in [0.1, 0.15) is 0 Å². The first-order valence-corrected chi connectivity index (χ1v) is 5.64. The molecule has 0 saturated carbocycles. The maximum absolute atomic E-state index is 4.55. The molecule has 0 aliphatic heterocycles. The third kappa shape index (κ3) is 9.62. The van der Waals surface area contributed by atoms with E-state index in [4.69, 9.17) is 0 Å². The highest BCUT2D eigenvalue weighted by molar-refractivity contribution is 4.89. The summed E-state index contributed by atoms with van der Waals surface area (Å²) in [7, 11) is 0. The Hall–Kier alpha value is -0.300. The first kappa shape index (κ1) is 12.7. The minimum absolute atomic E-state index is 0.420. The quantitative estimate of drug-likeness (QED) is 0.403. The number of hydrogen-bond acceptors (Lipinski definition) is 0. The van der Waals surface area contributed by atoms with Crippen LogP contribution in [0.4, 0.5) is 0 Å². The van der Waals surface area contributed by atoms with E-state index in [2.05, 4.69) is 38.2 Å². The van der Waals surface area contributed by atoms with Gasteiger partial charge < -0.3 is 0 Å². The molecule has 1 heteroatoms. The molecule has 0 N–H and O–H groups in total. The zero-order chi connectivity index (χ0) is 9.94. The molecule has 1 atom stereocenters. The highest BCUT2D eigenvalue weighted by Crippen LogP contribution is 1.96. The molecule has 0 fully saturated rings. The smallest absolute Gasteiger partial charge is 0.0397 e. The second-order valence-corrected chi connectivity index (χ2v) is 3.57. The van der Waals surface area contributed by atoms with Crippen LogP contribution in [0.15, 0.2) is 12.2 Å². The van der Waals surface area contributed by atoms with Crippen LogP contribution < -0.4 is 5.32 Å². The molecule has 0 aromatic heterocycles. The van der Waals surface area contributed by atoms with E-state index in [1.807, 2.05) is 0 Å². The summed E-state index contributed by atoms with van der Waals surface area (Å²) >= 11 is 0. The molecule has 0 aromatic rings. The highest BCUT2D eigenvalue weighted by Gasteiger charge is 1.95. The Morgan fingerprint density at radius 2 is 1.92 bits per heavy atom. The Bertz CT molecular complexity index is 118. The average molecular weight is 182 g/mol. The molecule has 0 bridgehead atoms. The van der Waals surface area contributed by atoms with Crippen LogP contribution in [-0.4, -0.2) is 12.6 Å². The van der Waals surface area contributed by atoms with Gasteiger partial charge in [0.05, 0.1) is 0 Å². The third-order valence-corrected chi connectivity index (χ3v) is 2.05. The number of unbranched alkanes of at least 4 members (excludes halogenated alkanes) is 3. The van der Waals surface area contributed by atoms with Gasteiger partial charge in [-0.15, -0.1) is 0 Å². The summed E-state index contributed by atoms with van der Waals surface area (Å²) in [4.78, 5) is 0. The number of allylic oxidation sites excluding steroid dienone is 1. The van der Waals surface area contributed by atoms with Crippen LogP contribution in [0, 0.1) is 0 Å². The zero-order valence-electron chi connectivity index (χ0n) is 9.42. The predicted octanol–water partition coefficient (Wildman–Crippen LogP) is 3.53. The van der Waals surface area contributed by atoms with Crippen molar-refractivity contribution in [2.45, 2.75) is 58.9 Å². The Morgan fingerprint density at radius 1 is 1.15 bits per heavy atom. The molecule has 1 radical (unpaired) electrons. The van der Waals surface area contributed by atoms with Crippen LogP contribution in [0.25, 0.3) is 0 Å². The fourth-order valence-corrected chi connectivity index (χ4v) is 1.18. The first-order chi connectivity index (χ1) is 6.31. The van der Waals surface area contributed by atoms with E-state index in [1.54, 1.807) is 0 Å². The van der Waals surface area contributed by atoms with Gasteiger partial charge in [0, 0.05) is 12.6 Å². The average Bonchev–Trinajstić information content (AvgIpc) is 2.13. The van der Waals surface area contributed by atoms with E-state index < -0.39 is 0 Å². The van der Waals surface area contributed by atoms with Crippen molar-refractivity contribution >= 4 is 0 Å². The molecule has 0 spiro atoms. The van der Waals surface area contributed by atoms with Crippen molar-refractivity contribution in [3.05, 3.63) is 12.2 Å². The van der Waals surface area contributed by atoms with Crippen LogP contribution in [0.2, 0.25) is 0 Å². The Labute approximate surface area is 83.6 Å². The van der Waals surface area contributed by atoms with Gasteiger partial charge in [-0.1, -0.05) is 45.3 Å². The SMILES string of the molecule is CCCC=CC(C)[N]CCCCC. The number of rotatable bonds is 8. The molecule has 1 unspecified atom stereocenters. The van der Waals surface area contributed by atoms with Crippen molar-refractivity contribution in [2.75, 3.05) is 6.54 Å². The van der Waals surface area contributed by atoms with E-state index in [1.165, 1.54) is 32.1 Å². The summed E-state index contributed by atoms with van der Waals surface area (Å²) in [5, 5.41) is 4.55. The third-order valence-electron chi connectivity index (χ3n) is 2.05. The van der Waals surface area contributed by atoms with Crippen molar-refractivity contribution in [1.82, 2.24) is 5.32 Å². The fourth-order valence-electron chi connectivity index (χ4n) is 1.18. The summed E-state index contributed by atoms with van der Waals surface area (Å²) in [5.41, 5.74) is 0. The first-order valence-electron chi connectivity index (χ1n) is 5.64. The van der Waals surface area contributed by atoms with Crippen molar-refractivity contribution in [1.29, 1.82) is 0 Å². The van der Waals surface area contributed by atoms with Gasteiger partial charge in [-0.05, 0) is 19.8 Å². The maximum atomic E-state index is 4.55. The van der Waals surface area contributed by atoms with Crippen LogP contribution >= 0.6 is 0 Å². The Balaban J connectivity index is 3.24. The van der Waals surface area contributed by atoms with Gasteiger partial charge in [0.25, 0.3) is 0 Å². The lowest BCUT2D eigenvalue weighted by Gasteiger charge is -2.05. The molecule has 0 rings (SSSR count). The van der Waals surface area contributed by atoms with Crippen molar-refractivity contribution in [2.24, 2.45) is 0 Å². The standard InChI is InChI=1S/C12H24N/c1-4-6-8-10-12(3)13-11-9-7-5-2/h8,10,12H,4-7,9,11H2,1-3H3. The lowest BCUT2D eigenvalue weighted by atomic mass is 10.2. The fraction of sp³-hybridized carbons (Fsp3) is 0.833. The van der Waals surface area contributed by atoms with Crippen LogP contribution in [0.3, 0.4) is 0 Å². The molecule has 0 aromatic carbocycles. The second-order valence-electron chi connectivity index (χ2n) is 3.57. The minimum Gasteiger partial charge on any atom is -0.235 e. The maximum Gasteiger partial charge on any atom is 0.0397 e. The summed E-state index contributed by atoms with van der Waals surface area (Å²) in [6.07, 6.45) is 10.7. The van der Waals surface area contributed by atoms with Crippen LogP contribution in [0.5, 0.6) is 0 Å². The van der Waals surface area contributed by atoms with E-state index in [0.29, 0.717) is 6.04 Å². The number of nitrogens with zero attached hydrogens (tertiary/aromatic N) is 1. The van der Waals surface area contributed by atoms with Crippen molar-refractivity contribution in [3.8, 4) is 0 Å². The molecular weight excluding hydrogens is 158 g/mol. The number of hydrogen-bond donors (Lipinski definition) is 0.